The van der Waals surface area contributed by atoms with E-state index in [1.54, 1.807) is 12.4 Å². The SMILES string of the molecule is Cn1ccc(CN2CCC[C@@]3(C[C@H](Oc4cccnc4)CO3)C2)n1. The summed E-state index contributed by atoms with van der Waals surface area (Å²) in [6.45, 7) is 3.61. The Kier molecular flexibility index (Phi) is 4.24. The molecule has 0 bridgehead atoms. The Morgan fingerprint density at radius 1 is 1.42 bits per heavy atom. The van der Waals surface area contributed by atoms with Gasteiger partial charge in [0, 0.05) is 39.0 Å². The number of likely N-dealkylation sites (tertiary alicyclic amines) is 1. The number of piperidine rings is 1. The van der Waals surface area contributed by atoms with E-state index in [-0.39, 0.29) is 11.7 Å². The summed E-state index contributed by atoms with van der Waals surface area (Å²) in [6, 6.07) is 5.94. The first-order valence-corrected chi connectivity index (χ1v) is 8.62. The molecule has 24 heavy (non-hydrogen) atoms. The first-order valence-electron chi connectivity index (χ1n) is 8.62. The van der Waals surface area contributed by atoms with Crippen molar-refractivity contribution >= 4 is 0 Å². The van der Waals surface area contributed by atoms with Gasteiger partial charge >= 0.3 is 0 Å². The summed E-state index contributed by atoms with van der Waals surface area (Å²) in [4.78, 5) is 6.57. The Morgan fingerprint density at radius 3 is 3.17 bits per heavy atom. The van der Waals surface area contributed by atoms with Gasteiger partial charge in [0.15, 0.2) is 0 Å². The molecule has 0 aliphatic carbocycles. The van der Waals surface area contributed by atoms with Crippen LogP contribution >= 0.6 is 0 Å². The van der Waals surface area contributed by atoms with E-state index in [1.165, 1.54) is 0 Å². The summed E-state index contributed by atoms with van der Waals surface area (Å²) in [5.41, 5.74) is 1.05. The molecule has 4 heterocycles. The van der Waals surface area contributed by atoms with E-state index in [4.69, 9.17) is 9.47 Å². The molecular formula is C18H24N4O2. The molecule has 2 atom stereocenters. The molecule has 1 spiro atoms. The maximum absolute atomic E-state index is 6.23. The normalized spacial score (nSPS) is 27.6. The quantitative estimate of drug-likeness (QED) is 0.859. The monoisotopic (exact) mass is 328 g/mol. The molecule has 6 heteroatoms. The lowest BCUT2D eigenvalue weighted by atomic mass is 9.89. The molecule has 0 saturated carbocycles. The first-order chi connectivity index (χ1) is 11.7. The second-order valence-electron chi connectivity index (χ2n) is 6.92. The van der Waals surface area contributed by atoms with Crippen molar-refractivity contribution in [1.82, 2.24) is 19.7 Å². The average molecular weight is 328 g/mol. The minimum Gasteiger partial charge on any atom is -0.486 e. The molecule has 0 N–H and O–H groups in total. The van der Waals surface area contributed by atoms with E-state index >= 15 is 0 Å². The molecule has 0 aromatic carbocycles. The van der Waals surface area contributed by atoms with Crippen LogP contribution in [0.2, 0.25) is 0 Å². The van der Waals surface area contributed by atoms with Crippen molar-refractivity contribution in [2.24, 2.45) is 7.05 Å². The number of hydrogen-bond donors (Lipinski definition) is 0. The topological polar surface area (TPSA) is 52.4 Å². The van der Waals surface area contributed by atoms with Crippen LogP contribution in [0.15, 0.2) is 36.8 Å². The Labute approximate surface area is 142 Å². The molecule has 0 amide bonds. The van der Waals surface area contributed by atoms with Crippen LogP contribution in [0.5, 0.6) is 5.75 Å². The van der Waals surface area contributed by atoms with Crippen molar-refractivity contribution in [3.8, 4) is 5.75 Å². The zero-order valence-electron chi connectivity index (χ0n) is 14.1. The minimum atomic E-state index is -0.0695. The molecule has 2 aliphatic heterocycles. The van der Waals surface area contributed by atoms with Crippen LogP contribution in [0.3, 0.4) is 0 Å². The fourth-order valence-electron chi connectivity index (χ4n) is 3.87. The predicted octanol–water partition coefficient (Wildman–Crippen LogP) is 2.02. The highest BCUT2D eigenvalue weighted by Crippen LogP contribution is 2.36. The summed E-state index contributed by atoms with van der Waals surface area (Å²) in [6.07, 6.45) is 8.85. The van der Waals surface area contributed by atoms with Crippen molar-refractivity contribution in [3.63, 3.8) is 0 Å². The van der Waals surface area contributed by atoms with E-state index in [1.807, 2.05) is 30.1 Å². The van der Waals surface area contributed by atoms with Crippen molar-refractivity contribution < 1.29 is 9.47 Å². The zero-order valence-corrected chi connectivity index (χ0v) is 14.1. The Bertz CT molecular complexity index is 675. The molecule has 2 fully saturated rings. The van der Waals surface area contributed by atoms with Crippen LogP contribution in [0.4, 0.5) is 0 Å². The van der Waals surface area contributed by atoms with Crippen LogP contribution in [0.1, 0.15) is 25.0 Å². The third-order valence-electron chi connectivity index (χ3n) is 4.89. The van der Waals surface area contributed by atoms with Crippen LogP contribution in [0, 0.1) is 0 Å². The third-order valence-corrected chi connectivity index (χ3v) is 4.89. The van der Waals surface area contributed by atoms with Gasteiger partial charge in [-0.2, -0.15) is 5.10 Å². The van der Waals surface area contributed by atoms with Gasteiger partial charge in [-0.05, 0) is 37.6 Å². The van der Waals surface area contributed by atoms with Crippen molar-refractivity contribution in [1.29, 1.82) is 0 Å². The Hall–Kier alpha value is -1.92. The van der Waals surface area contributed by atoms with Gasteiger partial charge in [0.25, 0.3) is 0 Å². The van der Waals surface area contributed by atoms with Gasteiger partial charge in [-0.15, -0.1) is 0 Å². The number of nitrogens with zero attached hydrogens (tertiary/aromatic N) is 4. The lowest BCUT2D eigenvalue weighted by molar-refractivity contribution is -0.0540. The molecular weight excluding hydrogens is 304 g/mol. The maximum atomic E-state index is 6.23. The smallest absolute Gasteiger partial charge is 0.138 e. The highest BCUT2D eigenvalue weighted by atomic mass is 16.6. The molecule has 0 unspecified atom stereocenters. The van der Waals surface area contributed by atoms with Crippen LogP contribution in [0.25, 0.3) is 0 Å². The van der Waals surface area contributed by atoms with Gasteiger partial charge < -0.3 is 9.47 Å². The fourth-order valence-corrected chi connectivity index (χ4v) is 3.87. The molecule has 2 aliphatic rings. The second kappa shape index (κ2) is 6.53. The maximum Gasteiger partial charge on any atom is 0.138 e. The van der Waals surface area contributed by atoms with Gasteiger partial charge in [0.2, 0.25) is 0 Å². The van der Waals surface area contributed by atoms with Crippen molar-refractivity contribution in [3.05, 3.63) is 42.5 Å². The number of aryl methyl sites for hydroxylation is 1. The summed E-state index contributed by atoms with van der Waals surface area (Å²) in [7, 11) is 1.96. The van der Waals surface area contributed by atoms with Gasteiger partial charge in [0.1, 0.15) is 11.9 Å². The summed E-state index contributed by atoms with van der Waals surface area (Å²) in [5, 5.41) is 4.49. The number of ether oxygens (including phenoxy) is 2. The number of pyridine rings is 1. The summed E-state index contributed by atoms with van der Waals surface area (Å²) < 4.78 is 14.1. The molecule has 128 valence electrons. The largest absolute Gasteiger partial charge is 0.486 e. The zero-order chi connectivity index (χ0) is 16.4. The highest BCUT2D eigenvalue weighted by molar-refractivity contribution is 5.16. The van der Waals surface area contributed by atoms with Crippen LogP contribution in [-0.2, 0) is 18.3 Å². The number of aromatic nitrogens is 3. The van der Waals surface area contributed by atoms with Crippen molar-refractivity contribution in [2.75, 3.05) is 19.7 Å². The number of rotatable bonds is 4. The summed E-state index contributed by atoms with van der Waals surface area (Å²) >= 11 is 0. The molecule has 2 saturated heterocycles. The van der Waals surface area contributed by atoms with E-state index < -0.39 is 0 Å². The molecule has 2 aromatic rings. The molecule has 4 rings (SSSR count). The van der Waals surface area contributed by atoms with E-state index in [9.17, 15) is 0 Å². The lowest BCUT2D eigenvalue weighted by Gasteiger charge is -2.39. The minimum absolute atomic E-state index is 0.0695. The highest BCUT2D eigenvalue weighted by Gasteiger charge is 2.44. The van der Waals surface area contributed by atoms with Crippen molar-refractivity contribution in [2.45, 2.75) is 37.5 Å². The Balaban J connectivity index is 1.36. The number of hydrogen-bond acceptors (Lipinski definition) is 5. The fraction of sp³-hybridized carbons (Fsp3) is 0.556. The second-order valence-corrected chi connectivity index (χ2v) is 6.92. The summed E-state index contributed by atoms with van der Waals surface area (Å²) in [5.74, 6) is 0.823. The standard InChI is InChI=1S/C18H24N4O2/c1-21-9-5-15(20-21)12-22-8-3-6-18(14-22)10-17(13-23-18)24-16-4-2-7-19-11-16/h2,4-5,7,9,11,17H,3,6,8,10,12-14H2,1H3/t17-,18+/m0/s1. The van der Waals surface area contributed by atoms with Gasteiger partial charge in [-0.3, -0.25) is 14.6 Å². The third kappa shape index (κ3) is 3.44. The van der Waals surface area contributed by atoms with E-state index in [2.05, 4.69) is 21.0 Å². The average Bonchev–Trinajstić information content (AvgIpc) is 3.15. The van der Waals surface area contributed by atoms with E-state index in [0.717, 1.165) is 50.3 Å². The molecule has 0 radical (unpaired) electrons. The predicted molar refractivity (Wildman–Crippen MR) is 89.7 cm³/mol. The van der Waals surface area contributed by atoms with Gasteiger partial charge in [-0.1, -0.05) is 0 Å². The first kappa shape index (κ1) is 15.6. The van der Waals surface area contributed by atoms with E-state index in [0.29, 0.717) is 6.61 Å². The van der Waals surface area contributed by atoms with Crippen LogP contribution < -0.4 is 4.74 Å². The van der Waals surface area contributed by atoms with Gasteiger partial charge in [-0.25, -0.2) is 0 Å². The van der Waals surface area contributed by atoms with Gasteiger partial charge in [0.05, 0.1) is 24.1 Å². The molecule has 2 aromatic heterocycles. The van der Waals surface area contributed by atoms with Crippen LogP contribution in [-0.4, -0.2) is 51.1 Å². The lowest BCUT2D eigenvalue weighted by Crippen LogP contribution is -2.47. The Morgan fingerprint density at radius 2 is 2.38 bits per heavy atom. The molecule has 6 nitrogen and oxygen atoms in total.